The summed E-state index contributed by atoms with van der Waals surface area (Å²) in [6.45, 7) is 1.09. The molecule has 1 heterocycles. The maximum Gasteiger partial charge on any atom is 0.258 e. The van der Waals surface area contributed by atoms with Crippen molar-refractivity contribution in [2.24, 2.45) is 11.8 Å². The Morgan fingerprint density at radius 2 is 2.18 bits per heavy atom. The van der Waals surface area contributed by atoms with Gasteiger partial charge in [0.1, 0.15) is 11.6 Å². The Balaban J connectivity index is 1.22. The maximum atomic E-state index is 13.4. The molecule has 1 saturated heterocycles. The SMILES string of the molecule is O=C(COc1ccc(Cl)c(F)c1)NC12CC(C1)C(C(=O)NCC1CCNO1)C2. The summed E-state index contributed by atoms with van der Waals surface area (Å²) in [4.78, 5) is 30.0. The topological polar surface area (TPSA) is 88.7 Å². The van der Waals surface area contributed by atoms with Crippen LogP contribution in [0, 0.1) is 17.7 Å². The molecule has 2 amide bonds. The van der Waals surface area contributed by atoms with Gasteiger partial charge >= 0.3 is 0 Å². The summed E-state index contributed by atoms with van der Waals surface area (Å²) in [6.07, 6.45) is 3.13. The molecule has 9 heteroatoms. The van der Waals surface area contributed by atoms with Crippen LogP contribution in [-0.2, 0) is 14.4 Å². The second-order valence-corrected chi connectivity index (χ2v) is 8.25. The van der Waals surface area contributed by atoms with Gasteiger partial charge < -0.3 is 15.4 Å². The number of nitrogens with one attached hydrogen (secondary N) is 3. The highest BCUT2D eigenvalue weighted by molar-refractivity contribution is 6.30. The van der Waals surface area contributed by atoms with Crippen molar-refractivity contribution in [3.05, 3.63) is 29.0 Å². The monoisotopic (exact) mass is 411 g/mol. The number of hydrogen-bond donors (Lipinski definition) is 3. The number of carbonyl (C=O) groups excluding carboxylic acids is 2. The third-order valence-electron chi connectivity index (χ3n) is 5.81. The molecule has 1 aromatic rings. The fraction of sp³-hybridized carbons (Fsp3) is 0.579. The van der Waals surface area contributed by atoms with E-state index in [4.69, 9.17) is 21.2 Å². The lowest BCUT2D eigenvalue weighted by Crippen LogP contribution is -2.53. The fourth-order valence-corrected chi connectivity index (χ4v) is 4.55. The van der Waals surface area contributed by atoms with Crippen LogP contribution in [0.1, 0.15) is 25.7 Å². The molecule has 1 aliphatic heterocycles. The largest absolute Gasteiger partial charge is 0.484 e. The lowest BCUT2D eigenvalue weighted by molar-refractivity contribution is -0.126. The standard InChI is InChI=1S/C19H23ClFN3O4/c20-15-2-1-12(5-16(15)21)27-10-17(25)24-19-6-11(7-19)14(8-19)18(26)22-9-13-3-4-23-28-13/h1-2,5,11,13-14,23H,3-4,6-10H2,(H,22,26)(H,24,25). The smallest absolute Gasteiger partial charge is 0.258 e. The number of ether oxygens (including phenoxy) is 1. The molecule has 3 aliphatic carbocycles. The third kappa shape index (κ3) is 4.09. The Morgan fingerprint density at radius 1 is 1.36 bits per heavy atom. The van der Waals surface area contributed by atoms with Crippen LogP contribution in [0.25, 0.3) is 0 Å². The van der Waals surface area contributed by atoms with E-state index in [-0.39, 0.29) is 46.8 Å². The zero-order chi connectivity index (χ0) is 19.7. The first-order valence-corrected chi connectivity index (χ1v) is 9.87. The highest BCUT2D eigenvalue weighted by Crippen LogP contribution is 2.55. The van der Waals surface area contributed by atoms with Crippen molar-refractivity contribution in [3.8, 4) is 5.75 Å². The summed E-state index contributed by atoms with van der Waals surface area (Å²) < 4.78 is 18.8. The Hall–Kier alpha value is -1.90. The highest BCUT2D eigenvalue weighted by atomic mass is 35.5. The zero-order valence-corrected chi connectivity index (χ0v) is 16.1. The molecule has 2 bridgehead atoms. The van der Waals surface area contributed by atoms with E-state index >= 15 is 0 Å². The Morgan fingerprint density at radius 3 is 2.89 bits per heavy atom. The van der Waals surface area contributed by atoms with Crippen LogP contribution in [0.2, 0.25) is 5.02 Å². The van der Waals surface area contributed by atoms with E-state index in [1.54, 1.807) is 0 Å². The van der Waals surface area contributed by atoms with Crippen molar-refractivity contribution in [1.82, 2.24) is 16.1 Å². The van der Waals surface area contributed by atoms with Crippen molar-refractivity contribution in [2.75, 3.05) is 19.7 Å². The minimum absolute atomic E-state index is 0.00207. The maximum absolute atomic E-state index is 13.4. The minimum Gasteiger partial charge on any atom is -0.484 e. The van der Waals surface area contributed by atoms with Crippen molar-refractivity contribution in [3.63, 3.8) is 0 Å². The van der Waals surface area contributed by atoms with Crippen LogP contribution in [0.4, 0.5) is 4.39 Å². The molecule has 4 fully saturated rings. The predicted octanol–water partition coefficient (Wildman–Crippen LogP) is 1.55. The van der Waals surface area contributed by atoms with Crippen molar-refractivity contribution >= 4 is 23.4 Å². The second-order valence-electron chi connectivity index (χ2n) is 7.84. The molecule has 3 N–H and O–H groups in total. The summed E-state index contributed by atoms with van der Waals surface area (Å²) in [5, 5.41) is 5.97. The first-order valence-electron chi connectivity index (χ1n) is 9.49. The highest BCUT2D eigenvalue weighted by Gasteiger charge is 2.58. The number of halogens is 2. The fourth-order valence-electron chi connectivity index (χ4n) is 4.43. The van der Waals surface area contributed by atoms with Crippen LogP contribution < -0.4 is 20.9 Å². The first-order chi connectivity index (χ1) is 13.4. The number of hydrogen-bond acceptors (Lipinski definition) is 5. The molecule has 2 unspecified atom stereocenters. The van der Waals surface area contributed by atoms with Gasteiger partial charge in [0, 0.05) is 30.6 Å². The molecule has 28 heavy (non-hydrogen) atoms. The Kier molecular flexibility index (Phi) is 5.44. The van der Waals surface area contributed by atoms with E-state index in [2.05, 4.69) is 16.1 Å². The van der Waals surface area contributed by atoms with Gasteiger partial charge in [-0.2, -0.15) is 0 Å². The lowest BCUT2D eigenvalue weighted by Gasteiger charge is -2.39. The zero-order valence-electron chi connectivity index (χ0n) is 15.3. The van der Waals surface area contributed by atoms with Crippen LogP contribution in [0.3, 0.4) is 0 Å². The predicted molar refractivity (Wildman–Crippen MR) is 99.1 cm³/mol. The van der Waals surface area contributed by atoms with Gasteiger partial charge in [0.25, 0.3) is 5.91 Å². The molecule has 0 aromatic heterocycles. The molecule has 3 saturated carbocycles. The first kappa shape index (κ1) is 19.4. The second kappa shape index (κ2) is 7.85. The third-order valence-corrected chi connectivity index (χ3v) is 6.12. The Labute approximate surface area is 167 Å². The molecule has 1 aromatic carbocycles. The summed E-state index contributed by atoms with van der Waals surface area (Å²) in [6, 6.07) is 4.04. The molecule has 5 rings (SSSR count). The van der Waals surface area contributed by atoms with E-state index in [0.29, 0.717) is 18.9 Å². The van der Waals surface area contributed by atoms with Crippen molar-refractivity contribution in [1.29, 1.82) is 0 Å². The van der Waals surface area contributed by atoms with E-state index in [1.807, 2.05) is 0 Å². The quantitative estimate of drug-likeness (QED) is 0.633. The average Bonchev–Trinajstić information content (AvgIpc) is 3.35. The van der Waals surface area contributed by atoms with Gasteiger partial charge in [0.05, 0.1) is 11.1 Å². The number of benzene rings is 1. The Bertz CT molecular complexity index is 766. The van der Waals surface area contributed by atoms with Gasteiger partial charge in [-0.15, -0.1) is 0 Å². The van der Waals surface area contributed by atoms with Crippen LogP contribution in [0.15, 0.2) is 18.2 Å². The molecular formula is C19H23ClFN3O4. The number of amides is 2. The van der Waals surface area contributed by atoms with Gasteiger partial charge in [-0.1, -0.05) is 11.6 Å². The molecule has 7 nitrogen and oxygen atoms in total. The van der Waals surface area contributed by atoms with Gasteiger partial charge in [0.15, 0.2) is 6.61 Å². The molecule has 0 radical (unpaired) electrons. The van der Waals surface area contributed by atoms with Crippen LogP contribution in [-0.4, -0.2) is 43.2 Å². The van der Waals surface area contributed by atoms with Gasteiger partial charge in [-0.3, -0.25) is 14.4 Å². The van der Waals surface area contributed by atoms with E-state index in [1.165, 1.54) is 12.1 Å². The lowest BCUT2D eigenvalue weighted by atomic mass is 9.76. The molecule has 2 atom stereocenters. The van der Waals surface area contributed by atoms with Crippen molar-refractivity contribution in [2.45, 2.75) is 37.3 Å². The van der Waals surface area contributed by atoms with Crippen molar-refractivity contribution < 1.29 is 23.6 Å². The normalized spacial score (nSPS) is 30.6. The van der Waals surface area contributed by atoms with E-state index in [9.17, 15) is 14.0 Å². The number of fused-ring (bicyclic) bond motifs is 1. The molecule has 152 valence electrons. The number of hydroxylamine groups is 1. The van der Waals surface area contributed by atoms with Crippen LogP contribution in [0.5, 0.6) is 5.75 Å². The van der Waals surface area contributed by atoms with Gasteiger partial charge in [0.2, 0.25) is 5.91 Å². The summed E-state index contributed by atoms with van der Waals surface area (Å²) in [5.74, 6) is -0.380. The minimum atomic E-state index is -0.594. The summed E-state index contributed by atoms with van der Waals surface area (Å²) in [7, 11) is 0. The van der Waals surface area contributed by atoms with Crippen LogP contribution >= 0.6 is 11.6 Å². The molecule has 0 spiro atoms. The molecule has 4 aliphatic rings. The molecular weight excluding hydrogens is 389 g/mol. The summed E-state index contributed by atoms with van der Waals surface area (Å²) >= 11 is 5.63. The van der Waals surface area contributed by atoms with E-state index in [0.717, 1.165) is 31.9 Å². The summed E-state index contributed by atoms with van der Waals surface area (Å²) in [5.41, 5.74) is 2.47. The van der Waals surface area contributed by atoms with E-state index < -0.39 is 5.82 Å². The average molecular weight is 412 g/mol. The van der Waals surface area contributed by atoms with Gasteiger partial charge in [-0.05, 0) is 43.7 Å². The van der Waals surface area contributed by atoms with Gasteiger partial charge in [-0.25, -0.2) is 9.87 Å². The number of carbonyl (C=O) groups is 2. The number of rotatable bonds is 7.